The van der Waals surface area contributed by atoms with E-state index in [0.29, 0.717) is 6.42 Å². The predicted molar refractivity (Wildman–Crippen MR) is 68.1 cm³/mol. The zero-order valence-electron chi connectivity index (χ0n) is 10.6. The molecule has 2 unspecified atom stereocenters. The summed E-state index contributed by atoms with van der Waals surface area (Å²) in [5, 5.41) is 0. The molecule has 102 valence electrons. The fourth-order valence-electron chi connectivity index (χ4n) is 1.30. The average molecular weight is 274 g/mol. The highest BCUT2D eigenvalue weighted by molar-refractivity contribution is 7.47. The lowest BCUT2D eigenvalue weighted by molar-refractivity contribution is 0.0364. The number of hydrogen-bond acceptors (Lipinski definition) is 4. The number of ether oxygens (including phenoxy) is 1. The lowest BCUT2D eigenvalue weighted by Crippen LogP contribution is -2.16. The zero-order chi connectivity index (χ0) is 13.4. The van der Waals surface area contributed by atoms with Crippen molar-refractivity contribution >= 4 is 7.82 Å². The molecule has 0 aliphatic rings. The van der Waals surface area contributed by atoms with Gasteiger partial charge in [-0.25, -0.2) is 4.57 Å². The monoisotopic (exact) mass is 274 g/mol. The van der Waals surface area contributed by atoms with E-state index in [1.807, 2.05) is 37.3 Å². The molecule has 2 atom stereocenters. The number of rotatable bonds is 8. The lowest BCUT2D eigenvalue weighted by atomic mass is 10.2. The van der Waals surface area contributed by atoms with Gasteiger partial charge in [0.1, 0.15) is 0 Å². The van der Waals surface area contributed by atoms with Crippen LogP contribution in [0.15, 0.2) is 30.3 Å². The molecule has 0 fully saturated rings. The van der Waals surface area contributed by atoms with Crippen LogP contribution in [0.1, 0.15) is 18.9 Å². The molecule has 0 aliphatic carbocycles. The molecule has 6 heteroatoms. The van der Waals surface area contributed by atoms with E-state index in [9.17, 15) is 9.46 Å². The van der Waals surface area contributed by atoms with Gasteiger partial charge >= 0.3 is 7.82 Å². The maximum Gasteiger partial charge on any atom is 0.472 e. The van der Waals surface area contributed by atoms with Crippen molar-refractivity contribution in [3.8, 4) is 0 Å². The SMILES string of the molecule is CCC(COP(=O)(O)OCc1ccccc1)OC. The van der Waals surface area contributed by atoms with E-state index in [1.54, 1.807) is 0 Å². The molecule has 0 saturated heterocycles. The minimum atomic E-state index is -4.02. The summed E-state index contributed by atoms with van der Waals surface area (Å²) in [5.74, 6) is 0. The first-order chi connectivity index (χ1) is 8.57. The molecule has 0 bridgehead atoms. The largest absolute Gasteiger partial charge is 0.472 e. The summed E-state index contributed by atoms with van der Waals surface area (Å²) in [6.45, 7) is 1.98. The minimum Gasteiger partial charge on any atom is -0.379 e. The first kappa shape index (κ1) is 15.3. The molecule has 0 amide bonds. The molecule has 0 aromatic heterocycles. The van der Waals surface area contributed by atoms with Crippen LogP contribution in [-0.2, 0) is 25.0 Å². The molecule has 1 N–H and O–H groups in total. The maximum atomic E-state index is 11.6. The third-order valence-corrected chi connectivity index (χ3v) is 3.38. The van der Waals surface area contributed by atoms with Crippen molar-refractivity contribution in [1.82, 2.24) is 0 Å². The van der Waals surface area contributed by atoms with Crippen LogP contribution < -0.4 is 0 Å². The summed E-state index contributed by atoms with van der Waals surface area (Å²) in [4.78, 5) is 9.47. The minimum absolute atomic E-state index is 0.0373. The van der Waals surface area contributed by atoms with Crippen molar-refractivity contribution in [2.45, 2.75) is 26.1 Å². The third-order valence-electron chi connectivity index (χ3n) is 2.45. The molecule has 1 aromatic carbocycles. The first-order valence-electron chi connectivity index (χ1n) is 5.76. The van der Waals surface area contributed by atoms with Gasteiger partial charge in [-0.05, 0) is 12.0 Å². The van der Waals surface area contributed by atoms with Crippen molar-refractivity contribution < 1.29 is 23.2 Å². The zero-order valence-corrected chi connectivity index (χ0v) is 11.5. The Hall–Kier alpha value is -0.710. The van der Waals surface area contributed by atoms with E-state index in [2.05, 4.69) is 0 Å². The van der Waals surface area contributed by atoms with Crippen LogP contribution in [0.25, 0.3) is 0 Å². The first-order valence-corrected chi connectivity index (χ1v) is 7.25. The number of methoxy groups -OCH3 is 1. The van der Waals surface area contributed by atoms with E-state index in [4.69, 9.17) is 13.8 Å². The molecule has 0 radical (unpaired) electrons. The second-order valence-corrected chi connectivity index (χ2v) is 5.24. The van der Waals surface area contributed by atoms with Gasteiger partial charge in [0.25, 0.3) is 0 Å². The van der Waals surface area contributed by atoms with E-state index in [0.717, 1.165) is 5.56 Å². The molecule has 1 aromatic rings. The highest BCUT2D eigenvalue weighted by Gasteiger charge is 2.22. The van der Waals surface area contributed by atoms with Crippen molar-refractivity contribution in [1.29, 1.82) is 0 Å². The lowest BCUT2D eigenvalue weighted by Gasteiger charge is -2.16. The van der Waals surface area contributed by atoms with Crippen LogP contribution >= 0.6 is 7.82 Å². The molecule has 0 aliphatic heterocycles. The predicted octanol–water partition coefficient (Wildman–Crippen LogP) is 2.75. The van der Waals surface area contributed by atoms with Gasteiger partial charge in [-0.2, -0.15) is 0 Å². The van der Waals surface area contributed by atoms with Gasteiger partial charge in [-0.1, -0.05) is 37.3 Å². The van der Waals surface area contributed by atoms with Gasteiger partial charge in [0.2, 0.25) is 0 Å². The van der Waals surface area contributed by atoms with E-state index in [-0.39, 0.29) is 19.3 Å². The smallest absolute Gasteiger partial charge is 0.379 e. The molecule has 0 spiro atoms. The van der Waals surface area contributed by atoms with E-state index in [1.165, 1.54) is 7.11 Å². The van der Waals surface area contributed by atoms with Crippen molar-refractivity contribution in [2.24, 2.45) is 0 Å². The Morgan fingerprint density at radius 3 is 2.50 bits per heavy atom. The Labute approximate surface area is 107 Å². The average Bonchev–Trinajstić information content (AvgIpc) is 2.39. The molecule has 0 saturated carbocycles. The van der Waals surface area contributed by atoms with Crippen LogP contribution in [-0.4, -0.2) is 24.7 Å². The number of benzene rings is 1. The fourth-order valence-corrected chi connectivity index (χ4v) is 2.04. The van der Waals surface area contributed by atoms with Crippen LogP contribution in [0.5, 0.6) is 0 Å². The van der Waals surface area contributed by atoms with Crippen molar-refractivity contribution in [3.05, 3.63) is 35.9 Å². The van der Waals surface area contributed by atoms with Gasteiger partial charge in [0, 0.05) is 7.11 Å². The van der Waals surface area contributed by atoms with E-state index < -0.39 is 7.82 Å². The Balaban J connectivity index is 2.38. The topological polar surface area (TPSA) is 65.0 Å². The molecular weight excluding hydrogens is 255 g/mol. The summed E-state index contributed by atoms with van der Waals surface area (Å²) in [6, 6.07) is 9.15. The van der Waals surface area contributed by atoms with Gasteiger partial charge in [0.15, 0.2) is 0 Å². The Kier molecular flexibility index (Phi) is 6.54. The summed E-state index contributed by atoms with van der Waals surface area (Å²) >= 11 is 0. The van der Waals surface area contributed by atoms with Gasteiger partial charge in [-0.3, -0.25) is 9.05 Å². The fraction of sp³-hybridized carbons (Fsp3) is 0.500. The van der Waals surface area contributed by atoms with Crippen LogP contribution in [0.2, 0.25) is 0 Å². The van der Waals surface area contributed by atoms with Crippen molar-refractivity contribution in [2.75, 3.05) is 13.7 Å². The Morgan fingerprint density at radius 2 is 1.94 bits per heavy atom. The quantitative estimate of drug-likeness (QED) is 0.738. The van der Waals surface area contributed by atoms with Crippen LogP contribution in [0.3, 0.4) is 0 Å². The molecule has 1 rings (SSSR count). The van der Waals surface area contributed by atoms with Crippen LogP contribution in [0.4, 0.5) is 0 Å². The van der Waals surface area contributed by atoms with Gasteiger partial charge in [-0.15, -0.1) is 0 Å². The van der Waals surface area contributed by atoms with Gasteiger partial charge < -0.3 is 9.63 Å². The molecular formula is C12H19O5P. The van der Waals surface area contributed by atoms with E-state index >= 15 is 0 Å². The van der Waals surface area contributed by atoms with Gasteiger partial charge in [0.05, 0.1) is 19.3 Å². The number of phosphoric acid groups is 1. The molecule has 5 nitrogen and oxygen atoms in total. The normalized spacial score (nSPS) is 16.2. The highest BCUT2D eigenvalue weighted by Crippen LogP contribution is 2.44. The summed E-state index contributed by atoms with van der Waals surface area (Å²) in [5.41, 5.74) is 0.814. The number of hydrogen-bond donors (Lipinski definition) is 1. The summed E-state index contributed by atoms with van der Waals surface area (Å²) < 4.78 is 26.4. The second kappa shape index (κ2) is 7.67. The Morgan fingerprint density at radius 1 is 1.28 bits per heavy atom. The second-order valence-electron chi connectivity index (χ2n) is 3.79. The Bertz CT molecular complexity index is 377. The highest BCUT2D eigenvalue weighted by atomic mass is 31.2. The summed E-state index contributed by atoms with van der Waals surface area (Å²) in [7, 11) is -2.49. The van der Waals surface area contributed by atoms with Crippen LogP contribution in [0, 0.1) is 0 Å². The standard InChI is InChI=1S/C12H19O5P/c1-3-12(15-2)10-17-18(13,14)16-9-11-7-5-4-6-8-11/h4-8,12H,3,9-10H2,1-2H3,(H,13,14). The van der Waals surface area contributed by atoms with Crippen molar-refractivity contribution in [3.63, 3.8) is 0 Å². The molecule has 0 heterocycles. The third kappa shape index (κ3) is 5.76. The summed E-state index contributed by atoms with van der Waals surface area (Å²) in [6.07, 6.45) is 0.501. The maximum absolute atomic E-state index is 11.6. The molecule has 18 heavy (non-hydrogen) atoms. The number of phosphoric ester groups is 1.